The van der Waals surface area contributed by atoms with E-state index in [2.05, 4.69) is 13.8 Å². The van der Waals surface area contributed by atoms with E-state index < -0.39 is 5.41 Å². The summed E-state index contributed by atoms with van der Waals surface area (Å²) in [6.45, 7) is 4.13. The number of allylic oxidation sites excluding steroid dienone is 3. The average molecular weight is 234 g/mol. The Balaban J connectivity index is 2.61. The fourth-order valence-corrected chi connectivity index (χ4v) is 3.07. The number of ether oxygens (including phenoxy) is 1. The van der Waals surface area contributed by atoms with Crippen molar-refractivity contribution in [1.82, 2.24) is 0 Å². The summed E-state index contributed by atoms with van der Waals surface area (Å²) in [5.41, 5.74) is -0.0388. The molecule has 0 aromatic carbocycles. The molecule has 2 aliphatic rings. The van der Waals surface area contributed by atoms with Gasteiger partial charge in [-0.2, -0.15) is 0 Å². The molecule has 0 bridgehead atoms. The third kappa shape index (κ3) is 1.56. The number of carbonyl (C=O) groups is 2. The lowest BCUT2D eigenvalue weighted by atomic mass is 9.54. The molecule has 0 aromatic rings. The third-order valence-corrected chi connectivity index (χ3v) is 4.17. The fraction of sp³-hybridized carbons (Fsp3) is 0.571. The largest absolute Gasteiger partial charge is 0.468 e. The second-order valence-electron chi connectivity index (χ2n) is 5.45. The molecule has 0 amide bonds. The number of ketones is 1. The zero-order valence-corrected chi connectivity index (χ0v) is 10.6. The van der Waals surface area contributed by atoms with Crippen LogP contribution in [0.2, 0.25) is 0 Å². The number of methoxy groups -OCH3 is 1. The number of hydrogen-bond donors (Lipinski definition) is 0. The van der Waals surface area contributed by atoms with Gasteiger partial charge in [-0.25, -0.2) is 0 Å². The highest BCUT2D eigenvalue weighted by Gasteiger charge is 2.55. The number of hydrogen-bond acceptors (Lipinski definition) is 3. The van der Waals surface area contributed by atoms with Gasteiger partial charge in [-0.1, -0.05) is 26.0 Å². The van der Waals surface area contributed by atoms with E-state index in [0.717, 1.165) is 12.0 Å². The number of carbonyl (C=O) groups excluding carboxylic acids is 2. The van der Waals surface area contributed by atoms with Crippen LogP contribution in [0.3, 0.4) is 0 Å². The second-order valence-corrected chi connectivity index (χ2v) is 5.45. The molecule has 0 unspecified atom stereocenters. The quantitative estimate of drug-likeness (QED) is 0.654. The molecule has 0 aromatic heterocycles. The molecule has 0 heterocycles. The van der Waals surface area contributed by atoms with Crippen LogP contribution >= 0.6 is 0 Å². The van der Waals surface area contributed by atoms with E-state index in [4.69, 9.17) is 4.74 Å². The van der Waals surface area contributed by atoms with E-state index in [1.807, 2.05) is 12.2 Å². The third-order valence-electron chi connectivity index (χ3n) is 4.17. The zero-order chi connectivity index (χ0) is 12.7. The van der Waals surface area contributed by atoms with Gasteiger partial charge in [-0.3, -0.25) is 9.59 Å². The van der Waals surface area contributed by atoms with Crippen molar-refractivity contribution >= 4 is 11.8 Å². The Morgan fingerprint density at radius 1 is 1.41 bits per heavy atom. The van der Waals surface area contributed by atoms with Crippen molar-refractivity contribution in [2.24, 2.45) is 10.8 Å². The summed E-state index contributed by atoms with van der Waals surface area (Å²) in [5, 5.41) is 0. The number of rotatable bonds is 1. The molecule has 0 N–H and O–H groups in total. The lowest BCUT2D eigenvalue weighted by molar-refractivity contribution is -0.158. The molecule has 0 spiro atoms. The molecular weight excluding hydrogens is 216 g/mol. The van der Waals surface area contributed by atoms with Crippen LogP contribution in [0.1, 0.15) is 33.1 Å². The molecule has 3 nitrogen and oxygen atoms in total. The molecule has 2 aliphatic carbocycles. The van der Waals surface area contributed by atoms with E-state index in [9.17, 15) is 9.59 Å². The average Bonchev–Trinajstić information content (AvgIpc) is 2.27. The maximum atomic E-state index is 12.2. The Morgan fingerprint density at radius 3 is 2.76 bits per heavy atom. The van der Waals surface area contributed by atoms with Crippen molar-refractivity contribution in [3.05, 3.63) is 23.8 Å². The van der Waals surface area contributed by atoms with Gasteiger partial charge < -0.3 is 4.74 Å². The molecule has 0 radical (unpaired) electrons. The monoisotopic (exact) mass is 234 g/mol. The summed E-state index contributed by atoms with van der Waals surface area (Å²) in [7, 11) is 1.42. The van der Waals surface area contributed by atoms with Gasteiger partial charge in [0.25, 0.3) is 0 Å². The van der Waals surface area contributed by atoms with Crippen LogP contribution in [0, 0.1) is 10.8 Å². The smallest absolute Gasteiger partial charge is 0.316 e. The summed E-state index contributed by atoms with van der Waals surface area (Å²) in [6.07, 6.45) is 7.36. The van der Waals surface area contributed by atoms with Gasteiger partial charge in [-0.15, -0.1) is 0 Å². The summed E-state index contributed by atoms with van der Waals surface area (Å²) in [4.78, 5) is 23.8. The first-order valence-corrected chi connectivity index (χ1v) is 5.94. The lowest BCUT2D eigenvalue weighted by Gasteiger charge is -2.48. The highest BCUT2D eigenvalue weighted by Crippen LogP contribution is 2.55. The predicted octanol–water partition coefficient (Wildman–Crippen LogP) is 2.42. The van der Waals surface area contributed by atoms with Crippen LogP contribution < -0.4 is 0 Å². The Hall–Kier alpha value is -1.38. The van der Waals surface area contributed by atoms with E-state index >= 15 is 0 Å². The van der Waals surface area contributed by atoms with Gasteiger partial charge in [0.2, 0.25) is 0 Å². The lowest BCUT2D eigenvalue weighted by Crippen LogP contribution is -2.49. The summed E-state index contributed by atoms with van der Waals surface area (Å²) in [5.74, 6) is -0.118. The van der Waals surface area contributed by atoms with E-state index in [1.165, 1.54) is 7.11 Å². The minimum atomic E-state index is -0.648. The van der Waals surface area contributed by atoms with E-state index in [0.29, 0.717) is 12.8 Å². The topological polar surface area (TPSA) is 43.4 Å². The molecule has 17 heavy (non-hydrogen) atoms. The molecule has 0 saturated carbocycles. The van der Waals surface area contributed by atoms with Crippen molar-refractivity contribution in [2.45, 2.75) is 33.1 Å². The van der Waals surface area contributed by atoms with Crippen LogP contribution in [0.25, 0.3) is 0 Å². The Labute approximate surface area is 102 Å². The fourth-order valence-electron chi connectivity index (χ4n) is 3.07. The Kier molecular flexibility index (Phi) is 2.72. The van der Waals surface area contributed by atoms with Gasteiger partial charge in [0.1, 0.15) is 0 Å². The summed E-state index contributed by atoms with van der Waals surface area (Å²) >= 11 is 0. The van der Waals surface area contributed by atoms with Crippen molar-refractivity contribution in [2.75, 3.05) is 7.11 Å². The predicted molar refractivity (Wildman–Crippen MR) is 64.3 cm³/mol. The van der Waals surface area contributed by atoms with Gasteiger partial charge in [0.15, 0.2) is 5.78 Å². The van der Waals surface area contributed by atoms with E-state index in [-0.39, 0.29) is 17.2 Å². The first kappa shape index (κ1) is 12.1. The molecule has 3 heteroatoms. The Bertz CT molecular complexity index is 429. The SMILES string of the molecule is COC(=O)[C@]12CCC(=O)C=C1C=CCC2(C)C. The van der Waals surface area contributed by atoms with Crippen molar-refractivity contribution < 1.29 is 14.3 Å². The standard InChI is InChI=1S/C14H18O3/c1-13(2)7-4-5-10-9-11(15)6-8-14(10,13)12(16)17-3/h4-5,9H,6-8H2,1-3H3/t14-/m0/s1. The first-order chi connectivity index (χ1) is 7.94. The first-order valence-electron chi connectivity index (χ1n) is 5.94. The highest BCUT2D eigenvalue weighted by atomic mass is 16.5. The molecule has 0 saturated heterocycles. The number of esters is 1. The summed E-state index contributed by atoms with van der Waals surface area (Å²) < 4.78 is 5.00. The van der Waals surface area contributed by atoms with Gasteiger partial charge in [-0.05, 0) is 29.9 Å². The van der Waals surface area contributed by atoms with E-state index in [1.54, 1.807) is 6.08 Å². The molecular formula is C14H18O3. The Morgan fingerprint density at radius 2 is 2.12 bits per heavy atom. The van der Waals surface area contributed by atoms with Gasteiger partial charge in [0.05, 0.1) is 12.5 Å². The maximum absolute atomic E-state index is 12.2. The van der Waals surface area contributed by atoms with Crippen molar-refractivity contribution in [1.29, 1.82) is 0 Å². The minimum absolute atomic E-state index is 0.0990. The van der Waals surface area contributed by atoms with Crippen LogP contribution in [0.5, 0.6) is 0 Å². The van der Waals surface area contributed by atoms with Gasteiger partial charge in [0, 0.05) is 6.42 Å². The second kappa shape index (κ2) is 3.83. The van der Waals surface area contributed by atoms with Crippen LogP contribution in [0.15, 0.2) is 23.8 Å². The molecule has 0 fully saturated rings. The normalized spacial score (nSPS) is 30.5. The van der Waals surface area contributed by atoms with Crippen LogP contribution in [-0.4, -0.2) is 18.9 Å². The zero-order valence-electron chi connectivity index (χ0n) is 10.6. The molecule has 0 aliphatic heterocycles. The van der Waals surface area contributed by atoms with Gasteiger partial charge >= 0.3 is 5.97 Å². The summed E-state index contributed by atoms with van der Waals surface area (Å²) in [6, 6.07) is 0. The highest BCUT2D eigenvalue weighted by molar-refractivity contribution is 5.96. The van der Waals surface area contributed by atoms with Crippen molar-refractivity contribution in [3.63, 3.8) is 0 Å². The molecule has 2 rings (SSSR count). The maximum Gasteiger partial charge on any atom is 0.316 e. The minimum Gasteiger partial charge on any atom is -0.468 e. The molecule has 92 valence electrons. The van der Waals surface area contributed by atoms with Crippen molar-refractivity contribution in [3.8, 4) is 0 Å². The molecule has 1 atom stereocenters. The van der Waals surface area contributed by atoms with Crippen LogP contribution in [-0.2, 0) is 14.3 Å². The van der Waals surface area contributed by atoms with Crippen LogP contribution in [0.4, 0.5) is 0 Å². The number of fused-ring (bicyclic) bond motifs is 1.